The van der Waals surface area contributed by atoms with E-state index in [0.717, 1.165) is 19.3 Å². The number of rotatable bonds is 11. The highest BCUT2D eigenvalue weighted by molar-refractivity contribution is 5.92. The zero-order valence-electron chi connectivity index (χ0n) is 18.9. The molecule has 2 aromatic rings. The van der Waals surface area contributed by atoms with Crippen LogP contribution in [0.2, 0.25) is 0 Å². The lowest BCUT2D eigenvalue weighted by molar-refractivity contribution is -0.127. The van der Waals surface area contributed by atoms with Gasteiger partial charge in [-0.15, -0.1) is 0 Å². The van der Waals surface area contributed by atoms with Gasteiger partial charge in [-0.2, -0.15) is 8.78 Å². The minimum Gasteiger partial charge on any atom is -0.486 e. The molecule has 0 aromatic heterocycles. The van der Waals surface area contributed by atoms with Gasteiger partial charge >= 0.3 is 6.61 Å². The molecule has 0 saturated carbocycles. The Labute approximate surface area is 193 Å². The highest BCUT2D eigenvalue weighted by Gasteiger charge is 2.43. The second kappa shape index (κ2) is 12.0. The van der Waals surface area contributed by atoms with Crippen molar-refractivity contribution in [2.45, 2.75) is 57.3 Å². The van der Waals surface area contributed by atoms with Crippen molar-refractivity contribution in [1.82, 2.24) is 4.90 Å². The molecule has 3 rings (SSSR count). The predicted molar refractivity (Wildman–Crippen MR) is 123 cm³/mol. The van der Waals surface area contributed by atoms with Crippen LogP contribution in [-0.2, 0) is 4.79 Å². The summed E-state index contributed by atoms with van der Waals surface area (Å²) in [4.78, 5) is 14.5. The number of hydrogen-bond acceptors (Lipinski definition) is 5. The van der Waals surface area contributed by atoms with Gasteiger partial charge in [-0.05, 0) is 49.2 Å². The Morgan fingerprint density at radius 3 is 2.55 bits per heavy atom. The summed E-state index contributed by atoms with van der Waals surface area (Å²) >= 11 is 0. The third kappa shape index (κ3) is 7.68. The lowest BCUT2D eigenvalue weighted by atomic mass is 9.83. The first-order valence-electron chi connectivity index (χ1n) is 11.4. The fourth-order valence-corrected chi connectivity index (χ4v) is 4.05. The number of ether oxygens (including phenoxy) is 2. The van der Waals surface area contributed by atoms with Crippen molar-refractivity contribution >= 4 is 11.6 Å². The molecule has 2 atom stereocenters. The van der Waals surface area contributed by atoms with Crippen LogP contribution in [0.1, 0.15) is 39.0 Å². The molecule has 1 aliphatic heterocycles. The molecule has 6 nitrogen and oxygen atoms in total. The molecule has 0 spiro atoms. The van der Waals surface area contributed by atoms with E-state index in [1.165, 1.54) is 24.3 Å². The molecule has 180 valence electrons. The normalized spacial score (nSPS) is 21.1. The van der Waals surface area contributed by atoms with E-state index in [0.29, 0.717) is 37.4 Å². The Balaban J connectivity index is 1.59. The number of likely N-dealkylation sites (tertiary alicyclic amines) is 1. The summed E-state index contributed by atoms with van der Waals surface area (Å²) in [6, 6.07) is 15.2. The number of carbonyl (C=O) groups is 1. The third-order valence-electron chi connectivity index (χ3n) is 5.85. The molecule has 0 radical (unpaired) electrons. The van der Waals surface area contributed by atoms with Crippen molar-refractivity contribution in [2.75, 3.05) is 25.0 Å². The summed E-state index contributed by atoms with van der Waals surface area (Å²) in [6.07, 6.45) is 3.76. The maximum atomic E-state index is 12.6. The number of anilines is 1. The maximum absolute atomic E-state index is 12.6. The summed E-state index contributed by atoms with van der Waals surface area (Å²) in [6.45, 7) is 0.367. The van der Waals surface area contributed by atoms with Crippen LogP contribution < -0.4 is 14.8 Å². The van der Waals surface area contributed by atoms with E-state index in [1.54, 1.807) is 0 Å². The molecule has 1 fully saturated rings. The Morgan fingerprint density at radius 1 is 1.15 bits per heavy atom. The van der Waals surface area contributed by atoms with E-state index in [-0.39, 0.29) is 18.2 Å². The lowest BCUT2D eigenvalue weighted by Crippen LogP contribution is -2.58. The Morgan fingerprint density at radius 2 is 1.88 bits per heavy atom. The van der Waals surface area contributed by atoms with Crippen molar-refractivity contribution in [3.05, 3.63) is 54.6 Å². The third-order valence-corrected chi connectivity index (χ3v) is 5.85. The molecule has 1 amide bonds. The summed E-state index contributed by atoms with van der Waals surface area (Å²) in [5.41, 5.74) is -0.454. The fourth-order valence-electron chi connectivity index (χ4n) is 4.05. The zero-order chi connectivity index (χ0) is 23.7. The standard InChI is InChI=1S/C25H32F2N2O4/c1-2-3-7-14-25(31)15-16-29(17-22(25)32-20-8-5-4-6-9-20)18-23(30)28-19-10-12-21(13-11-19)33-24(26)27/h4-6,8-13,22,24,31H,2-3,7,14-18H2,1H3,(H,28,30)/t22-,25-/m0/s1. The summed E-state index contributed by atoms with van der Waals surface area (Å²) in [5, 5.41) is 14.1. The van der Waals surface area contributed by atoms with Crippen LogP contribution in [0.25, 0.3) is 0 Å². The molecule has 1 aliphatic rings. The van der Waals surface area contributed by atoms with E-state index in [1.807, 2.05) is 35.2 Å². The average molecular weight is 463 g/mol. The van der Waals surface area contributed by atoms with Crippen molar-refractivity contribution in [1.29, 1.82) is 0 Å². The Kier molecular flexibility index (Phi) is 9.03. The van der Waals surface area contributed by atoms with E-state index in [2.05, 4.69) is 17.0 Å². The topological polar surface area (TPSA) is 71.0 Å². The highest BCUT2D eigenvalue weighted by atomic mass is 19.3. The molecular formula is C25H32F2N2O4. The highest BCUT2D eigenvalue weighted by Crippen LogP contribution is 2.31. The van der Waals surface area contributed by atoms with Gasteiger partial charge in [0.15, 0.2) is 0 Å². The van der Waals surface area contributed by atoms with Crippen molar-refractivity contribution in [3.63, 3.8) is 0 Å². The van der Waals surface area contributed by atoms with Gasteiger partial charge in [0.1, 0.15) is 23.2 Å². The van der Waals surface area contributed by atoms with Gasteiger partial charge in [0, 0.05) is 18.8 Å². The van der Waals surface area contributed by atoms with E-state index >= 15 is 0 Å². The number of hydrogen-bond donors (Lipinski definition) is 2. The molecule has 0 bridgehead atoms. The van der Waals surface area contributed by atoms with Crippen LogP contribution >= 0.6 is 0 Å². The summed E-state index contributed by atoms with van der Waals surface area (Å²) < 4.78 is 35.1. The second-order valence-electron chi connectivity index (χ2n) is 8.42. The van der Waals surface area contributed by atoms with E-state index in [4.69, 9.17) is 4.74 Å². The number of halogens is 2. The number of alkyl halides is 2. The average Bonchev–Trinajstić information content (AvgIpc) is 2.78. The summed E-state index contributed by atoms with van der Waals surface area (Å²) in [5.74, 6) is 0.489. The zero-order valence-corrected chi connectivity index (χ0v) is 18.9. The van der Waals surface area contributed by atoms with Crippen LogP contribution in [0.3, 0.4) is 0 Å². The van der Waals surface area contributed by atoms with Crippen LogP contribution in [0.4, 0.5) is 14.5 Å². The fraction of sp³-hybridized carbons (Fsp3) is 0.480. The minimum atomic E-state index is -2.89. The van der Waals surface area contributed by atoms with Gasteiger partial charge in [-0.25, -0.2) is 0 Å². The van der Waals surface area contributed by atoms with Crippen molar-refractivity contribution in [2.24, 2.45) is 0 Å². The van der Waals surface area contributed by atoms with Gasteiger partial charge in [0.25, 0.3) is 0 Å². The Bertz CT molecular complexity index is 866. The molecule has 0 aliphatic carbocycles. The minimum absolute atomic E-state index is 0.0299. The molecule has 33 heavy (non-hydrogen) atoms. The number of benzene rings is 2. The number of para-hydroxylation sites is 1. The van der Waals surface area contributed by atoms with E-state index in [9.17, 15) is 18.7 Å². The molecule has 1 saturated heterocycles. The number of amides is 1. The van der Waals surface area contributed by atoms with Crippen LogP contribution in [-0.4, -0.2) is 53.9 Å². The SMILES string of the molecule is CCCCC[C@]1(O)CCN(CC(=O)Nc2ccc(OC(F)F)cc2)C[C@@H]1Oc1ccccc1. The number of carbonyl (C=O) groups excluding carboxylic acids is 1. The smallest absolute Gasteiger partial charge is 0.387 e. The van der Waals surface area contributed by atoms with Crippen LogP contribution in [0.15, 0.2) is 54.6 Å². The number of nitrogens with zero attached hydrogens (tertiary/aromatic N) is 1. The predicted octanol–water partition coefficient (Wildman–Crippen LogP) is 4.69. The number of piperidine rings is 1. The molecule has 1 heterocycles. The van der Waals surface area contributed by atoms with Crippen molar-refractivity contribution in [3.8, 4) is 11.5 Å². The number of unbranched alkanes of at least 4 members (excludes halogenated alkanes) is 2. The van der Waals surface area contributed by atoms with Gasteiger partial charge in [-0.3, -0.25) is 9.69 Å². The lowest BCUT2D eigenvalue weighted by Gasteiger charge is -2.44. The largest absolute Gasteiger partial charge is 0.486 e. The summed E-state index contributed by atoms with van der Waals surface area (Å²) in [7, 11) is 0. The van der Waals surface area contributed by atoms with Gasteiger partial charge in [-0.1, -0.05) is 44.4 Å². The number of nitrogens with one attached hydrogen (secondary N) is 1. The van der Waals surface area contributed by atoms with E-state index < -0.39 is 18.3 Å². The quantitative estimate of drug-likeness (QED) is 0.474. The molecule has 0 unspecified atom stereocenters. The van der Waals surface area contributed by atoms with Crippen molar-refractivity contribution < 1.29 is 28.2 Å². The maximum Gasteiger partial charge on any atom is 0.387 e. The molecular weight excluding hydrogens is 430 g/mol. The van der Waals surface area contributed by atoms with Crippen LogP contribution in [0, 0.1) is 0 Å². The first-order valence-corrected chi connectivity index (χ1v) is 11.4. The molecule has 2 N–H and O–H groups in total. The molecule has 8 heteroatoms. The first kappa shape index (κ1) is 24.9. The number of aliphatic hydroxyl groups is 1. The van der Waals surface area contributed by atoms with Crippen LogP contribution in [0.5, 0.6) is 11.5 Å². The Hall–Kier alpha value is -2.71. The van der Waals surface area contributed by atoms with Gasteiger partial charge in [0.05, 0.1) is 6.54 Å². The molecule has 2 aromatic carbocycles. The second-order valence-corrected chi connectivity index (χ2v) is 8.42. The van der Waals surface area contributed by atoms with Gasteiger partial charge in [0.2, 0.25) is 5.91 Å². The first-order chi connectivity index (χ1) is 15.9. The van der Waals surface area contributed by atoms with Gasteiger partial charge < -0.3 is 19.9 Å². The monoisotopic (exact) mass is 462 g/mol.